The van der Waals surface area contributed by atoms with Crippen molar-refractivity contribution in [1.29, 1.82) is 0 Å². The van der Waals surface area contributed by atoms with E-state index in [1.807, 2.05) is 0 Å². The van der Waals surface area contributed by atoms with Gasteiger partial charge in [-0.3, -0.25) is 0 Å². The lowest BCUT2D eigenvalue weighted by atomic mass is 10.0. The Morgan fingerprint density at radius 3 is 2.29 bits per heavy atom. The molecule has 0 amide bonds. The van der Waals surface area contributed by atoms with Gasteiger partial charge in [0.25, 0.3) is 0 Å². The van der Waals surface area contributed by atoms with E-state index in [1.54, 1.807) is 0 Å². The van der Waals surface area contributed by atoms with E-state index < -0.39 is 6.10 Å². The van der Waals surface area contributed by atoms with Crippen molar-refractivity contribution in [2.45, 2.75) is 32.3 Å². The molecule has 1 nitrogen and oxygen atoms in total. The summed E-state index contributed by atoms with van der Waals surface area (Å²) in [4.78, 5) is 0. The molecule has 0 fully saturated rings. The van der Waals surface area contributed by atoms with E-state index in [1.165, 1.54) is 12.0 Å². The van der Waals surface area contributed by atoms with Gasteiger partial charge in [0.15, 0.2) is 0 Å². The van der Waals surface area contributed by atoms with E-state index in [0.717, 1.165) is 12.0 Å². The van der Waals surface area contributed by atoms with Crippen LogP contribution in [0.5, 0.6) is 0 Å². The van der Waals surface area contributed by atoms with Crippen molar-refractivity contribution < 1.29 is 5.11 Å². The predicted molar refractivity (Wildman–Crippen MR) is 60.9 cm³/mol. The Hall–Kier alpha value is -0.530. The van der Waals surface area contributed by atoms with Crippen LogP contribution in [0.25, 0.3) is 0 Å². The van der Waals surface area contributed by atoms with Crippen molar-refractivity contribution in [1.82, 2.24) is 0 Å². The van der Waals surface area contributed by atoms with Gasteiger partial charge in [-0.2, -0.15) is 0 Å². The molecule has 1 N–H and O–H groups in total. The molecule has 1 aromatic carbocycles. The zero-order valence-corrected chi connectivity index (χ0v) is 9.30. The second-order valence-electron chi connectivity index (χ2n) is 3.58. The molecule has 0 aliphatic heterocycles. The summed E-state index contributed by atoms with van der Waals surface area (Å²) in [7, 11) is 0. The van der Waals surface area contributed by atoms with Gasteiger partial charge >= 0.3 is 0 Å². The molecule has 0 bridgehead atoms. The van der Waals surface area contributed by atoms with Crippen molar-refractivity contribution in [2.75, 3.05) is 5.88 Å². The SMILES string of the molecule is CCCc1ccc(CC(O)CCl)cc1. The summed E-state index contributed by atoms with van der Waals surface area (Å²) >= 11 is 5.53. The maximum atomic E-state index is 9.35. The zero-order valence-electron chi connectivity index (χ0n) is 8.54. The molecule has 0 radical (unpaired) electrons. The molecule has 1 unspecified atom stereocenters. The van der Waals surface area contributed by atoms with Gasteiger partial charge < -0.3 is 5.11 Å². The molecular formula is C12H17ClO. The van der Waals surface area contributed by atoms with Crippen LogP contribution in [0.1, 0.15) is 24.5 Å². The first-order valence-electron chi connectivity index (χ1n) is 5.08. The Morgan fingerprint density at radius 2 is 1.79 bits per heavy atom. The minimum atomic E-state index is -0.423. The van der Waals surface area contributed by atoms with Gasteiger partial charge in [0.1, 0.15) is 0 Å². The van der Waals surface area contributed by atoms with E-state index in [0.29, 0.717) is 12.3 Å². The van der Waals surface area contributed by atoms with Crippen LogP contribution in [0.3, 0.4) is 0 Å². The highest BCUT2D eigenvalue weighted by Gasteiger charge is 2.03. The number of hydrogen-bond acceptors (Lipinski definition) is 1. The third-order valence-electron chi connectivity index (χ3n) is 2.21. The number of hydrogen-bond donors (Lipinski definition) is 1. The Labute approximate surface area is 90.7 Å². The summed E-state index contributed by atoms with van der Waals surface area (Å²) in [6, 6.07) is 8.39. The highest BCUT2D eigenvalue weighted by molar-refractivity contribution is 6.18. The van der Waals surface area contributed by atoms with Crippen molar-refractivity contribution >= 4 is 11.6 Å². The van der Waals surface area contributed by atoms with Crippen molar-refractivity contribution in [2.24, 2.45) is 0 Å². The molecule has 14 heavy (non-hydrogen) atoms. The number of rotatable bonds is 5. The standard InChI is InChI=1S/C12H17ClO/c1-2-3-10-4-6-11(7-5-10)8-12(14)9-13/h4-7,12,14H,2-3,8-9H2,1H3. The average molecular weight is 213 g/mol. The second kappa shape index (κ2) is 6.05. The van der Waals surface area contributed by atoms with Crippen LogP contribution >= 0.6 is 11.6 Å². The Kier molecular flexibility index (Phi) is 4.99. The molecule has 1 aromatic rings. The fourth-order valence-corrected chi connectivity index (χ4v) is 1.57. The fourth-order valence-electron chi connectivity index (χ4n) is 1.46. The lowest BCUT2D eigenvalue weighted by Gasteiger charge is -2.07. The topological polar surface area (TPSA) is 20.2 Å². The van der Waals surface area contributed by atoms with Crippen molar-refractivity contribution in [3.05, 3.63) is 35.4 Å². The third-order valence-corrected chi connectivity index (χ3v) is 2.57. The number of halogens is 1. The third kappa shape index (κ3) is 3.69. The van der Waals surface area contributed by atoms with Crippen LogP contribution in [-0.2, 0) is 12.8 Å². The normalized spacial score (nSPS) is 12.8. The molecule has 78 valence electrons. The van der Waals surface area contributed by atoms with Crippen LogP contribution in [0.2, 0.25) is 0 Å². The van der Waals surface area contributed by atoms with Crippen LogP contribution < -0.4 is 0 Å². The monoisotopic (exact) mass is 212 g/mol. The summed E-state index contributed by atoms with van der Waals surface area (Å²) in [5.74, 6) is 0.302. The molecule has 0 heterocycles. The fraction of sp³-hybridized carbons (Fsp3) is 0.500. The summed E-state index contributed by atoms with van der Waals surface area (Å²) in [6.07, 6.45) is 2.52. The molecule has 0 aromatic heterocycles. The highest BCUT2D eigenvalue weighted by atomic mass is 35.5. The number of benzene rings is 1. The van der Waals surface area contributed by atoms with E-state index in [-0.39, 0.29) is 0 Å². The first-order chi connectivity index (χ1) is 6.76. The quantitative estimate of drug-likeness (QED) is 0.745. The van der Waals surface area contributed by atoms with Crippen molar-refractivity contribution in [3.8, 4) is 0 Å². The molecule has 1 rings (SSSR count). The predicted octanol–water partition coefficient (Wildman–Crippen LogP) is 2.78. The molecule has 2 heteroatoms. The highest BCUT2D eigenvalue weighted by Crippen LogP contribution is 2.09. The lowest BCUT2D eigenvalue weighted by molar-refractivity contribution is 0.199. The van der Waals surface area contributed by atoms with E-state index >= 15 is 0 Å². The minimum Gasteiger partial charge on any atom is -0.392 e. The van der Waals surface area contributed by atoms with Crippen molar-refractivity contribution in [3.63, 3.8) is 0 Å². The maximum absolute atomic E-state index is 9.35. The van der Waals surface area contributed by atoms with Gasteiger partial charge in [-0.25, -0.2) is 0 Å². The Bertz CT molecular complexity index is 256. The summed E-state index contributed by atoms with van der Waals surface area (Å²) in [5, 5.41) is 9.35. The van der Waals surface area contributed by atoms with Gasteiger partial charge in [0.05, 0.1) is 6.10 Å². The Balaban J connectivity index is 2.54. The lowest BCUT2D eigenvalue weighted by Crippen LogP contribution is -2.11. The Morgan fingerprint density at radius 1 is 1.21 bits per heavy atom. The molecular weight excluding hydrogens is 196 g/mol. The van der Waals surface area contributed by atoms with Crippen LogP contribution in [0.15, 0.2) is 24.3 Å². The van der Waals surface area contributed by atoms with E-state index in [9.17, 15) is 5.11 Å². The van der Waals surface area contributed by atoms with Crippen LogP contribution in [-0.4, -0.2) is 17.1 Å². The molecule has 0 spiro atoms. The molecule has 0 saturated carbocycles. The molecule has 0 aliphatic rings. The first-order valence-corrected chi connectivity index (χ1v) is 5.61. The van der Waals surface area contributed by atoms with Crippen LogP contribution in [0.4, 0.5) is 0 Å². The maximum Gasteiger partial charge on any atom is 0.0715 e. The van der Waals surface area contributed by atoms with Gasteiger partial charge in [-0.15, -0.1) is 11.6 Å². The number of aliphatic hydroxyl groups excluding tert-OH is 1. The molecule has 0 aliphatic carbocycles. The average Bonchev–Trinajstić information content (AvgIpc) is 2.21. The summed E-state index contributed by atoms with van der Waals surface area (Å²) in [5.41, 5.74) is 2.51. The van der Waals surface area contributed by atoms with Gasteiger partial charge in [-0.1, -0.05) is 37.6 Å². The van der Waals surface area contributed by atoms with E-state index in [4.69, 9.17) is 11.6 Å². The van der Waals surface area contributed by atoms with E-state index in [2.05, 4.69) is 31.2 Å². The zero-order chi connectivity index (χ0) is 10.4. The first kappa shape index (κ1) is 11.5. The number of alkyl halides is 1. The van der Waals surface area contributed by atoms with Crippen LogP contribution in [0, 0.1) is 0 Å². The second-order valence-corrected chi connectivity index (χ2v) is 3.89. The smallest absolute Gasteiger partial charge is 0.0715 e. The number of aryl methyl sites for hydroxylation is 1. The largest absolute Gasteiger partial charge is 0.392 e. The van der Waals surface area contributed by atoms with Gasteiger partial charge in [0.2, 0.25) is 0 Å². The van der Waals surface area contributed by atoms with Gasteiger partial charge in [-0.05, 0) is 24.0 Å². The minimum absolute atomic E-state index is 0.302. The molecule has 1 atom stereocenters. The summed E-state index contributed by atoms with van der Waals surface area (Å²) in [6.45, 7) is 2.17. The summed E-state index contributed by atoms with van der Waals surface area (Å²) < 4.78 is 0. The number of aliphatic hydroxyl groups is 1. The molecule has 0 saturated heterocycles. The van der Waals surface area contributed by atoms with Gasteiger partial charge in [0, 0.05) is 5.88 Å².